The molecule has 0 radical (unpaired) electrons. The van der Waals surface area contributed by atoms with Crippen LogP contribution in [-0.4, -0.2) is 34.3 Å². The van der Waals surface area contributed by atoms with Gasteiger partial charge in [0.1, 0.15) is 6.26 Å². The lowest BCUT2D eigenvalue weighted by Crippen LogP contribution is -2.38. The van der Waals surface area contributed by atoms with Gasteiger partial charge in [-0.3, -0.25) is 9.67 Å². The fourth-order valence-electron chi connectivity index (χ4n) is 2.98. The molecule has 7 nitrogen and oxygen atoms in total. The molecule has 0 saturated heterocycles. The van der Waals surface area contributed by atoms with Crippen LogP contribution in [0.15, 0.2) is 46.0 Å². The van der Waals surface area contributed by atoms with Crippen LogP contribution >= 0.6 is 24.0 Å². The zero-order valence-corrected chi connectivity index (χ0v) is 19.0. The zero-order valence-electron chi connectivity index (χ0n) is 16.7. The highest BCUT2D eigenvalue weighted by Gasteiger charge is 2.10. The number of halogens is 1. The Morgan fingerprint density at radius 2 is 1.93 bits per heavy atom. The lowest BCUT2D eigenvalue weighted by atomic mass is 10.1. The van der Waals surface area contributed by atoms with Crippen LogP contribution < -0.4 is 10.6 Å². The Hall–Kier alpha value is -2.36. The Morgan fingerprint density at radius 1 is 1.18 bits per heavy atom. The highest BCUT2D eigenvalue weighted by molar-refractivity contribution is 14.0. The molecule has 0 aliphatic rings. The van der Waals surface area contributed by atoms with E-state index in [1.165, 1.54) is 11.3 Å². The third-order valence-electron chi connectivity index (χ3n) is 4.56. The maximum absolute atomic E-state index is 5.56. The van der Waals surface area contributed by atoms with Gasteiger partial charge in [-0.25, -0.2) is 4.98 Å². The van der Waals surface area contributed by atoms with E-state index < -0.39 is 0 Å². The number of aliphatic imine (C=N–C) groups is 1. The van der Waals surface area contributed by atoms with Crippen LogP contribution in [0.3, 0.4) is 0 Å². The summed E-state index contributed by atoms with van der Waals surface area (Å²) in [4.78, 5) is 8.78. The van der Waals surface area contributed by atoms with Crippen molar-refractivity contribution in [2.24, 2.45) is 12.0 Å². The van der Waals surface area contributed by atoms with E-state index in [9.17, 15) is 0 Å². The number of aryl methyl sites for hydroxylation is 2. The standard InChI is InChI=1S/C20H26N6O.HI/c1-14-18(15(2)26(4)25-14)10-11-22-20(21-3)23-12-17-13-27-19(24-17)16-8-6-5-7-9-16;/h5-9,13H,10-12H2,1-4H3,(H2,21,22,23);1H. The summed E-state index contributed by atoms with van der Waals surface area (Å²) < 4.78 is 7.49. The SMILES string of the molecule is CN=C(NCCc1c(C)nn(C)c1C)NCc1coc(-c2ccccc2)n1.I. The quantitative estimate of drug-likeness (QED) is 0.313. The predicted molar refractivity (Wildman–Crippen MR) is 122 cm³/mol. The van der Waals surface area contributed by atoms with Crippen molar-refractivity contribution in [2.75, 3.05) is 13.6 Å². The summed E-state index contributed by atoms with van der Waals surface area (Å²) >= 11 is 0. The summed E-state index contributed by atoms with van der Waals surface area (Å²) in [5.41, 5.74) is 5.36. The third kappa shape index (κ3) is 5.34. The number of benzene rings is 1. The van der Waals surface area contributed by atoms with Gasteiger partial charge in [-0.15, -0.1) is 24.0 Å². The van der Waals surface area contributed by atoms with Crippen LogP contribution in [0.5, 0.6) is 0 Å². The molecular formula is C20H27IN6O. The second-order valence-electron chi connectivity index (χ2n) is 6.39. The molecule has 0 aliphatic heterocycles. The van der Waals surface area contributed by atoms with Gasteiger partial charge in [0.05, 0.1) is 17.9 Å². The largest absolute Gasteiger partial charge is 0.444 e. The van der Waals surface area contributed by atoms with Gasteiger partial charge in [-0.05, 0) is 38.0 Å². The summed E-state index contributed by atoms with van der Waals surface area (Å²) in [6.45, 7) is 5.46. The van der Waals surface area contributed by atoms with Crippen LogP contribution in [0.1, 0.15) is 22.6 Å². The molecule has 150 valence electrons. The maximum Gasteiger partial charge on any atom is 0.226 e. The van der Waals surface area contributed by atoms with Crippen molar-refractivity contribution in [2.45, 2.75) is 26.8 Å². The molecule has 2 heterocycles. The second kappa shape index (κ2) is 10.3. The number of hydrogen-bond acceptors (Lipinski definition) is 4. The molecule has 1 aromatic carbocycles. The first-order valence-electron chi connectivity index (χ1n) is 9.02. The van der Waals surface area contributed by atoms with Gasteiger partial charge in [0.15, 0.2) is 5.96 Å². The topological polar surface area (TPSA) is 80.3 Å². The minimum absolute atomic E-state index is 0. The first kappa shape index (κ1) is 21.9. The summed E-state index contributed by atoms with van der Waals surface area (Å²) in [5.74, 6) is 1.36. The molecule has 0 unspecified atom stereocenters. The molecule has 0 fully saturated rings. The Kier molecular flexibility index (Phi) is 8.04. The summed E-state index contributed by atoms with van der Waals surface area (Å²) in [6.07, 6.45) is 2.57. The normalized spacial score (nSPS) is 11.2. The molecular weight excluding hydrogens is 467 g/mol. The Morgan fingerprint density at radius 3 is 2.57 bits per heavy atom. The molecule has 28 heavy (non-hydrogen) atoms. The van der Waals surface area contributed by atoms with Gasteiger partial charge in [-0.2, -0.15) is 5.10 Å². The molecule has 3 rings (SSSR count). The number of aromatic nitrogens is 3. The molecule has 2 N–H and O–H groups in total. The average molecular weight is 494 g/mol. The van der Waals surface area contributed by atoms with Gasteiger partial charge >= 0.3 is 0 Å². The number of nitrogens with zero attached hydrogens (tertiary/aromatic N) is 4. The van der Waals surface area contributed by atoms with Crippen LogP contribution in [-0.2, 0) is 20.0 Å². The Labute approximate surface area is 182 Å². The first-order chi connectivity index (χ1) is 13.1. The van der Waals surface area contributed by atoms with E-state index >= 15 is 0 Å². The number of guanidine groups is 1. The summed E-state index contributed by atoms with van der Waals surface area (Å²) in [7, 11) is 3.73. The molecule has 0 saturated carbocycles. The van der Waals surface area contributed by atoms with Crippen molar-refractivity contribution >= 4 is 29.9 Å². The van der Waals surface area contributed by atoms with E-state index in [0.29, 0.717) is 12.4 Å². The van der Waals surface area contributed by atoms with Crippen LogP contribution in [0, 0.1) is 13.8 Å². The average Bonchev–Trinajstić information content (AvgIpc) is 3.25. The van der Waals surface area contributed by atoms with Gasteiger partial charge in [0, 0.05) is 31.9 Å². The molecule has 2 aromatic heterocycles. The van der Waals surface area contributed by atoms with E-state index in [-0.39, 0.29) is 24.0 Å². The van der Waals surface area contributed by atoms with Crippen molar-refractivity contribution in [3.8, 4) is 11.5 Å². The number of nitrogens with one attached hydrogen (secondary N) is 2. The molecule has 0 bridgehead atoms. The minimum Gasteiger partial charge on any atom is -0.444 e. The molecule has 3 aromatic rings. The Balaban J connectivity index is 0.00000280. The van der Waals surface area contributed by atoms with Crippen molar-refractivity contribution in [1.82, 2.24) is 25.4 Å². The van der Waals surface area contributed by atoms with E-state index in [2.05, 4.69) is 32.6 Å². The van der Waals surface area contributed by atoms with Gasteiger partial charge in [0.2, 0.25) is 5.89 Å². The van der Waals surface area contributed by atoms with Crippen molar-refractivity contribution < 1.29 is 4.42 Å². The summed E-state index contributed by atoms with van der Waals surface area (Å²) in [5, 5.41) is 11.1. The number of rotatable bonds is 6. The predicted octanol–water partition coefficient (Wildman–Crippen LogP) is 3.22. The van der Waals surface area contributed by atoms with Crippen LogP contribution in [0.25, 0.3) is 11.5 Å². The fourth-order valence-corrected chi connectivity index (χ4v) is 2.98. The molecule has 0 aliphatic carbocycles. The van der Waals surface area contributed by atoms with Crippen LogP contribution in [0.4, 0.5) is 0 Å². The van der Waals surface area contributed by atoms with E-state index in [1.54, 1.807) is 13.3 Å². The van der Waals surface area contributed by atoms with E-state index in [1.807, 2.05) is 49.0 Å². The Bertz CT molecular complexity index is 916. The molecule has 0 spiro atoms. The van der Waals surface area contributed by atoms with E-state index in [4.69, 9.17) is 4.42 Å². The highest BCUT2D eigenvalue weighted by atomic mass is 127. The van der Waals surface area contributed by atoms with Gasteiger partial charge in [-0.1, -0.05) is 18.2 Å². The van der Waals surface area contributed by atoms with Gasteiger partial charge in [0.25, 0.3) is 0 Å². The fraction of sp³-hybridized carbons (Fsp3) is 0.350. The molecule has 8 heteroatoms. The van der Waals surface area contributed by atoms with Gasteiger partial charge < -0.3 is 15.1 Å². The van der Waals surface area contributed by atoms with Crippen molar-refractivity contribution in [1.29, 1.82) is 0 Å². The first-order valence-corrected chi connectivity index (χ1v) is 9.02. The molecule has 0 atom stereocenters. The third-order valence-corrected chi connectivity index (χ3v) is 4.56. The van der Waals surface area contributed by atoms with Crippen LogP contribution in [0.2, 0.25) is 0 Å². The number of hydrogen-bond donors (Lipinski definition) is 2. The maximum atomic E-state index is 5.56. The highest BCUT2D eigenvalue weighted by Crippen LogP contribution is 2.17. The van der Waals surface area contributed by atoms with Crippen molar-refractivity contribution in [3.63, 3.8) is 0 Å². The minimum atomic E-state index is 0. The smallest absolute Gasteiger partial charge is 0.226 e. The second-order valence-corrected chi connectivity index (χ2v) is 6.39. The lowest BCUT2D eigenvalue weighted by Gasteiger charge is -2.11. The zero-order chi connectivity index (χ0) is 19.2. The summed E-state index contributed by atoms with van der Waals surface area (Å²) in [6, 6.07) is 9.86. The number of oxazole rings is 1. The molecule has 0 amide bonds. The lowest BCUT2D eigenvalue weighted by molar-refractivity contribution is 0.572. The van der Waals surface area contributed by atoms with E-state index in [0.717, 1.165) is 35.9 Å². The monoisotopic (exact) mass is 494 g/mol. The van der Waals surface area contributed by atoms with Crippen molar-refractivity contribution in [3.05, 3.63) is 59.2 Å².